The monoisotopic (exact) mass is 363 g/mol. The summed E-state index contributed by atoms with van der Waals surface area (Å²) < 4.78 is 0. The number of hydrogen-bond donors (Lipinski definition) is 1. The van der Waals surface area contributed by atoms with Gasteiger partial charge in [0.1, 0.15) is 5.92 Å². The van der Waals surface area contributed by atoms with E-state index in [9.17, 15) is 14.4 Å². The number of carbonyl (C=O) groups excluding carboxylic acids is 3. The average molecular weight is 363 g/mol. The van der Waals surface area contributed by atoms with E-state index in [1.807, 2.05) is 42.5 Å². The Morgan fingerprint density at radius 1 is 0.889 bits per heavy atom. The summed E-state index contributed by atoms with van der Waals surface area (Å²) in [5, 5.41) is 2.83. The molecule has 2 saturated heterocycles. The highest BCUT2D eigenvalue weighted by Gasteiger charge is 2.37. The molecular formula is C21H21N3O3. The number of benzene rings is 2. The normalized spacial score (nSPS) is 19.6. The van der Waals surface area contributed by atoms with Crippen LogP contribution in [0, 0.1) is 5.92 Å². The summed E-state index contributed by atoms with van der Waals surface area (Å²) in [5.41, 5.74) is 2.28. The number of hydrogen-bond acceptors (Lipinski definition) is 3. The number of anilines is 3. The van der Waals surface area contributed by atoms with Crippen molar-refractivity contribution in [1.29, 1.82) is 0 Å². The Hall–Kier alpha value is -3.15. The van der Waals surface area contributed by atoms with Gasteiger partial charge in [-0.2, -0.15) is 0 Å². The first-order valence-corrected chi connectivity index (χ1v) is 9.21. The minimum absolute atomic E-state index is 0.129. The van der Waals surface area contributed by atoms with Gasteiger partial charge < -0.3 is 15.1 Å². The zero-order valence-corrected chi connectivity index (χ0v) is 14.9. The van der Waals surface area contributed by atoms with E-state index in [1.54, 1.807) is 21.9 Å². The molecule has 1 unspecified atom stereocenters. The molecule has 0 spiro atoms. The molecule has 4 rings (SSSR count). The number of nitrogens with one attached hydrogen (secondary N) is 1. The third-order valence-corrected chi connectivity index (χ3v) is 5.11. The van der Waals surface area contributed by atoms with Crippen LogP contribution in [0.5, 0.6) is 0 Å². The minimum atomic E-state index is -0.676. The van der Waals surface area contributed by atoms with E-state index in [0.717, 1.165) is 24.3 Å². The summed E-state index contributed by atoms with van der Waals surface area (Å²) >= 11 is 0. The molecule has 2 aliphatic rings. The maximum Gasteiger partial charge on any atom is 0.239 e. The van der Waals surface area contributed by atoms with E-state index in [4.69, 9.17) is 0 Å². The zero-order chi connectivity index (χ0) is 18.8. The van der Waals surface area contributed by atoms with Gasteiger partial charge in [0, 0.05) is 36.6 Å². The summed E-state index contributed by atoms with van der Waals surface area (Å²) in [5.74, 6) is -1.00. The van der Waals surface area contributed by atoms with Crippen LogP contribution >= 0.6 is 0 Å². The van der Waals surface area contributed by atoms with Crippen molar-refractivity contribution in [2.75, 3.05) is 28.2 Å². The van der Waals surface area contributed by atoms with Crippen molar-refractivity contribution >= 4 is 34.8 Å². The Labute approximate surface area is 157 Å². The Morgan fingerprint density at radius 2 is 1.59 bits per heavy atom. The molecule has 0 saturated carbocycles. The maximum atomic E-state index is 12.6. The number of rotatable bonds is 4. The van der Waals surface area contributed by atoms with E-state index in [2.05, 4.69) is 5.32 Å². The molecular weight excluding hydrogens is 342 g/mol. The average Bonchev–Trinajstić information content (AvgIpc) is 3.29. The molecule has 27 heavy (non-hydrogen) atoms. The second kappa shape index (κ2) is 7.23. The third kappa shape index (κ3) is 3.43. The van der Waals surface area contributed by atoms with Gasteiger partial charge >= 0.3 is 0 Å². The molecule has 2 heterocycles. The summed E-state index contributed by atoms with van der Waals surface area (Å²) in [7, 11) is 0. The molecule has 6 nitrogen and oxygen atoms in total. The molecule has 0 aromatic heterocycles. The first-order valence-electron chi connectivity index (χ1n) is 9.21. The first-order chi connectivity index (χ1) is 13.1. The number of carbonyl (C=O) groups is 3. The number of amides is 3. The lowest BCUT2D eigenvalue weighted by molar-refractivity contribution is -0.129. The first kappa shape index (κ1) is 17.3. The lowest BCUT2D eigenvalue weighted by Gasteiger charge is -2.17. The fraction of sp³-hybridized carbons (Fsp3) is 0.286. The van der Waals surface area contributed by atoms with Crippen LogP contribution in [0.1, 0.15) is 19.3 Å². The van der Waals surface area contributed by atoms with E-state index in [1.165, 1.54) is 0 Å². The van der Waals surface area contributed by atoms with Crippen molar-refractivity contribution in [3.05, 3.63) is 54.6 Å². The second-order valence-electron chi connectivity index (χ2n) is 6.85. The quantitative estimate of drug-likeness (QED) is 0.849. The van der Waals surface area contributed by atoms with Crippen LogP contribution in [0.25, 0.3) is 0 Å². The van der Waals surface area contributed by atoms with Gasteiger partial charge in [-0.15, -0.1) is 0 Å². The predicted molar refractivity (Wildman–Crippen MR) is 104 cm³/mol. The highest BCUT2D eigenvalue weighted by atomic mass is 16.2. The highest BCUT2D eigenvalue weighted by molar-refractivity contribution is 6.13. The molecule has 6 heteroatoms. The van der Waals surface area contributed by atoms with Gasteiger partial charge in [0.15, 0.2) is 0 Å². The Kier molecular flexibility index (Phi) is 4.62. The molecule has 2 fully saturated rings. The van der Waals surface area contributed by atoms with Crippen molar-refractivity contribution in [2.24, 2.45) is 5.92 Å². The molecule has 2 aromatic rings. The standard InChI is InChI=1S/C21H21N3O3/c25-19-7-4-13-23(19)17-10-8-15(9-11-17)22-20(26)18-12-14-24(21(18)27)16-5-2-1-3-6-16/h1-3,5-6,8-11,18H,4,7,12-14H2,(H,22,26). The SMILES string of the molecule is O=C(Nc1ccc(N2CCCC2=O)cc1)C1CCN(c2ccccc2)C1=O. The van der Waals surface area contributed by atoms with Gasteiger partial charge in [-0.1, -0.05) is 18.2 Å². The van der Waals surface area contributed by atoms with Crippen molar-refractivity contribution in [3.8, 4) is 0 Å². The molecule has 1 atom stereocenters. The smallest absolute Gasteiger partial charge is 0.239 e. The molecule has 2 aliphatic heterocycles. The predicted octanol–water partition coefficient (Wildman–Crippen LogP) is 2.81. The third-order valence-electron chi connectivity index (χ3n) is 5.11. The van der Waals surface area contributed by atoms with Crippen LogP contribution in [-0.4, -0.2) is 30.8 Å². The molecule has 1 N–H and O–H groups in total. The van der Waals surface area contributed by atoms with Gasteiger partial charge in [-0.25, -0.2) is 0 Å². The van der Waals surface area contributed by atoms with E-state index >= 15 is 0 Å². The molecule has 2 aromatic carbocycles. The Morgan fingerprint density at radius 3 is 2.26 bits per heavy atom. The van der Waals surface area contributed by atoms with Crippen LogP contribution in [0.3, 0.4) is 0 Å². The fourth-order valence-corrected chi connectivity index (χ4v) is 3.66. The Bertz CT molecular complexity index is 864. The summed E-state index contributed by atoms with van der Waals surface area (Å²) in [4.78, 5) is 40.4. The number of nitrogens with zero attached hydrogens (tertiary/aromatic N) is 2. The van der Waals surface area contributed by atoms with E-state index in [0.29, 0.717) is 25.1 Å². The topological polar surface area (TPSA) is 69.7 Å². The molecule has 0 bridgehead atoms. The van der Waals surface area contributed by atoms with Gasteiger partial charge in [0.05, 0.1) is 0 Å². The maximum absolute atomic E-state index is 12.6. The van der Waals surface area contributed by atoms with Crippen molar-refractivity contribution in [1.82, 2.24) is 0 Å². The van der Waals surface area contributed by atoms with E-state index < -0.39 is 5.92 Å². The fourth-order valence-electron chi connectivity index (χ4n) is 3.66. The van der Waals surface area contributed by atoms with Crippen molar-refractivity contribution in [3.63, 3.8) is 0 Å². The second-order valence-corrected chi connectivity index (χ2v) is 6.85. The lowest BCUT2D eigenvalue weighted by atomic mass is 10.1. The molecule has 0 radical (unpaired) electrons. The molecule has 138 valence electrons. The van der Waals surface area contributed by atoms with Crippen molar-refractivity contribution in [2.45, 2.75) is 19.3 Å². The minimum Gasteiger partial charge on any atom is -0.325 e. The molecule has 0 aliphatic carbocycles. The summed E-state index contributed by atoms with van der Waals surface area (Å²) in [6.07, 6.45) is 1.96. The highest BCUT2D eigenvalue weighted by Crippen LogP contribution is 2.27. The molecule has 3 amide bonds. The van der Waals surface area contributed by atoms with Crippen LogP contribution in [0.4, 0.5) is 17.1 Å². The number of para-hydroxylation sites is 1. The van der Waals surface area contributed by atoms with Gasteiger partial charge in [0.25, 0.3) is 0 Å². The van der Waals surface area contributed by atoms with Gasteiger partial charge in [0.2, 0.25) is 17.7 Å². The lowest BCUT2D eigenvalue weighted by Crippen LogP contribution is -2.33. The van der Waals surface area contributed by atoms with Crippen LogP contribution in [0.2, 0.25) is 0 Å². The Balaban J connectivity index is 1.40. The van der Waals surface area contributed by atoms with Crippen LogP contribution < -0.4 is 15.1 Å². The largest absolute Gasteiger partial charge is 0.325 e. The van der Waals surface area contributed by atoms with E-state index in [-0.39, 0.29) is 17.7 Å². The van der Waals surface area contributed by atoms with Gasteiger partial charge in [-0.3, -0.25) is 14.4 Å². The van der Waals surface area contributed by atoms with Crippen LogP contribution in [-0.2, 0) is 14.4 Å². The van der Waals surface area contributed by atoms with Crippen molar-refractivity contribution < 1.29 is 14.4 Å². The zero-order valence-electron chi connectivity index (χ0n) is 14.9. The summed E-state index contributed by atoms with van der Waals surface area (Å²) in [6.45, 7) is 1.27. The van der Waals surface area contributed by atoms with Crippen LogP contribution in [0.15, 0.2) is 54.6 Å². The van der Waals surface area contributed by atoms with Gasteiger partial charge in [-0.05, 0) is 49.2 Å². The summed E-state index contributed by atoms with van der Waals surface area (Å²) in [6, 6.07) is 16.6.